The first-order valence-corrected chi connectivity index (χ1v) is 6.65. The van der Waals surface area contributed by atoms with Crippen LogP contribution in [0.2, 0.25) is 0 Å². The van der Waals surface area contributed by atoms with Gasteiger partial charge in [0.2, 0.25) is 0 Å². The molecule has 0 amide bonds. The fourth-order valence-electron chi connectivity index (χ4n) is 1.16. The van der Waals surface area contributed by atoms with Gasteiger partial charge in [-0.05, 0) is 51.4 Å². The smallest absolute Gasteiger partial charge is 0.00248 e. The van der Waals surface area contributed by atoms with Gasteiger partial charge in [0.1, 0.15) is 0 Å². The summed E-state index contributed by atoms with van der Waals surface area (Å²) in [6.45, 7) is 3.51. The van der Waals surface area contributed by atoms with Crippen LogP contribution in [0.15, 0.2) is 0 Å². The largest absolute Gasteiger partial charge is 0.309 e. The van der Waals surface area contributed by atoms with Crippen molar-refractivity contribution in [3.8, 4) is 0 Å². The number of hydrogen-bond donors (Lipinski definition) is 0. The quantitative estimate of drug-likeness (QED) is 0.529. The van der Waals surface area contributed by atoms with Gasteiger partial charge in [0.15, 0.2) is 0 Å². The summed E-state index contributed by atoms with van der Waals surface area (Å²) in [6.07, 6.45) is 6.90. The predicted octanol–water partition coefficient (Wildman–Crippen LogP) is 3.25. The minimum absolute atomic E-state index is 1.25. The maximum Gasteiger partial charge on any atom is -0.00248 e. The van der Waals surface area contributed by atoms with E-state index in [9.17, 15) is 0 Å². The standard InChI is InChI=1S/C11H25NS/c1-4-5-10-13-11-8-6-7-9-12(2)3/h4-11H2,1-3H3. The highest BCUT2D eigenvalue weighted by atomic mass is 32.2. The van der Waals surface area contributed by atoms with Gasteiger partial charge < -0.3 is 4.90 Å². The summed E-state index contributed by atoms with van der Waals surface area (Å²) in [5.41, 5.74) is 0. The zero-order chi connectivity index (χ0) is 9.94. The molecular formula is C11H25NS. The molecule has 0 saturated carbocycles. The molecule has 0 saturated heterocycles. The van der Waals surface area contributed by atoms with Crippen molar-refractivity contribution < 1.29 is 0 Å². The Morgan fingerprint density at radius 3 is 2.23 bits per heavy atom. The molecule has 0 radical (unpaired) electrons. The van der Waals surface area contributed by atoms with Crippen LogP contribution in [0, 0.1) is 0 Å². The summed E-state index contributed by atoms with van der Waals surface area (Å²) >= 11 is 2.12. The lowest BCUT2D eigenvalue weighted by Gasteiger charge is -2.08. The predicted molar refractivity (Wildman–Crippen MR) is 64.6 cm³/mol. The van der Waals surface area contributed by atoms with Crippen molar-refractivity contribution in [1.82, 2.24) is 4.90 Å². The summed E-state index contributed by atoms with van der Waals surface area (Å²) in [6, 6.07) is 0. The van der Waals surface area contributed by atoms with Gasteiger partial charge in [-0.3, -0.25) is 0 Å². The van der Waals surface area contributed by atoms with Crippen LogP contribution in [-0.2, 0) is 0 Å². The van der Waals surface area contributed by atoms with Crippen molar-refractivity contribution in [1.29, 1.82) is 0 Å². The lowest BCUT2D eigenvalue weighted by molar-refractivity contribution is 0.394. The van der Waals surface area contributed by atoms with E-state index in [2.05, 4.69) is 37.7 Å². The third-order valence-electron chi connectivity index (χ3n) is 2.04. The topological polar surface area (TPSA) is 3.24 Å². The molecule has 13 heavy (non-hydrogen) atoms. The van der Waals surface area contributed by atoms with Crippen LogP contribution in [0.1, 0.15) is 39.0 Å². The molecule has 1 nitrogen and oxygen atoms in total. The Kier molecular flexibility index (Phi) is 10.6. The maximum atomic E-state index is 2.27. The first-order chi connectivity index (χ1) is 6.27. The summed E-state index contributed by atoms with van der Waals surface area (Å²) in [4.78, 5) is 2.27. The van der Waals surface area contributed by atoms with Gasteiger partial charge in [-0.2, -0.15) is 11.8 Å². The van der Waals surface area contributed by atoms with E-state index >= 15 is 0 Å². The molecule has 0 aliphatic heterocycles. The number of thioether (sulfide) groups is 1. The highest BCUT2D eigenvalue weighted by molar-refractivity contribution is 7.99. The van der Waals surface area contributed by atoms with E-state index in [0.29, 0.717) is 0 Å². The van der Waals surface area contributed by atoms with Gasteiger partial charge in [-0.25, -0.2) is 0 Å². The van der Waals surface area contributed by atoms with Gasteiger partial charge in [0.05, 0.1) is 0 Å². The molecule has 0 aliphatic carbocycles. The van der Waals surface area contributed by atoms with Crippen molar-refractivity contribution in [2.75, 3.05) is 32.1 Å². The fourth-order valence-corrected chi connectivity index (χ4v) is 2.26. The first-order valence-electron chi connectivity index (χ1n) is 5.50. The number of unbranched alkanes of at least 4 members (excludes halogenated alkanes) is 3. The van der Waals surface area contributed by atoms with Gasteiger partial charge in [0, 0.05) is 0 Å². The monoisotopic (exact) mass is 203 g/mol. The SMILES string of the molecule is CCCCSCCCCCN(C)C. The van der Waals surface area contributed by atoms with E-state index in [1.807, 2.05) is 0 Å². The average Bonchev–Trinajstić information content (AvgIpc) is 2.09. The zero-order valence-corrected chi connectivity index (χ0v) is 10.3. The molecule has 0 aromatic heterocycles. The van der Waals surface area contributed by atoms with Crippen LogP contribution in [0.5, 0.6) is 0 Å². The van der Waals surface area contributed by atoms with Crippen molar-refractivity contribution in [2.45, 2.75) is 39.0 Å². The van der Waals surface area contributed by atoms with Crippen molar-refractivity contribution in [2.24, 2.45) is 0 Å². The number of nitrogens with zero attached hydrogens (tertiary/aromatic N) is 1. The van der Waals surface area contributed by atoms with Crippen LogP contribution in [0.4, 0.5) is 0 Å². The minimum Gasteiger partial charge on any atom is -0.309 e. The molecular weight excluding hydrogens is 178 g/mol. The van der Waals surface area contributed by atoms with Crippen LogP contribution < -0.4 is 0 Å². The molecule has 0 aromatic rings. The van der Waals surface area contributed by atoms with Gasteiger partial charge in [-0.15, -0.1) is 0 Å². The summed E-state index contributed by atoms with van der Waals surface area (Å²) in [7, 11) is 4.30. The molecule has 0 aromatic carbocycles. The van der Waals surface area contributed by atoms with Gasteiger partial charge >= 0.3 is 0 Å². The number of rotatable bonds is 9. The van der Waals surface area contributed by atoms with Gasteiger partial charge in [0.25, 0.3) is 0 Å². The second-order valence-electron chi connectivity index (χ2n) is 3.83. The zero-order valence-electron chi connectivity index (χ0n) is 9.51. The molecule has 0 unspecified atom stereocenters. The van der Waals surface area contributed by atoms with E-state index in [0.717, 1.165) is 0 Å². The molecule has 0 bridgehead atoms. The molecule has 0 atom stereocenters. The van der Waals surface area contributed by atoms with Crippen molar-refractivity contribution >= 4 is 11.8 Å². The fraction of sp³-hybridized carbons (Fsp3) is 1.00. The Labute approximate surface area is 88.3 Å². The van der Waals surface area contributed by atoms with E-state index in [1.54, 1.807) is 0 Å². The van der Waals surface area contributed by atoms with E-state index in [-0.39, 0.29) is 0 Å². The Morgan fingerprint density at radius 1 is 0.923 bits per heavy atom. The Morgan fingerprint density at radius 2 is 1.62 bits per heavy atom. The molecule has 0 heterocycles. The van der Waals surface area contributed by atoms with Crippen molar-refractivity contribution in [3.05, 3.63) is 0 Å². The maximum absolute atomic E-state index is 2.27. The third-order valence-corrected chi connectivity index (χ3v) is 3.19. The van der Waals surface area contributed by atoms with Gasteiger partial charge in [-0.1, -0.05) is 19.8 Å². The second-order valence-corrected chi connectivity index (χ2v) is 5.05. The molecule has 0 spiro atoms. The van der Waals surface area contributed by atoms with Crippen LogP contribution in [-0.4, -0.2) is 37.0 Å². The molecule has 0 rings (SSSR count). The second kappa shape index (κ2) is 10.4. The summed E-state index contributed by atoms with van der Waals surface area (Å²) < 4.78 is 0. The van der Waals surface area contributed by atoms with Crippen LogP contribution in [0.25, 0.3) is 0 Å². The molecule has 0 aliphatic rings. The average molecular weight is 203 g/mol. The number of hydrogen-bond acceptors (Lipinski definition) is 2. The Bertz CT molecular complexity index is 94.1. The summed E-state index contributed by atoms with van der Waals surface area (Å²) in [5.74, 6) is 2.73. The highest BCUT2D eigenvalue weighted by Crippen LogP contribution is 2.08. The van der Waals surface area contributed by atoms with E-state index in [4.69, 9.17) is 0 Å². The van der Waals surface area contributed by atoms with Crippen LogP contribution in [0.3, 0.4) is 0 Å². The molecule has 80 valence electrons. The molecule has 2 heteroatoms. The normalized spacial score (nSPS) is 11.1. The Hall–Kier alpha value is 0.310. The minimum atomic E-state index is 1.25. The molecule has 0 fully saturated rings. The summed E-state index contributed by atoms with van der Waals surface area (Å²) in [5, 5.41) is 0. The Balaban J connectivity index is 2.84. The lowest BCUT2D eigenvalue weighted by Crippen LogP contribution is -2.12. The molecule has 0 N–H and O–H groups in total. The third kappa shape index (κ3) is 12.3. The lowest BCUT2D eigenvalue weighted by atomic mass is 10.2. The van der Waals surface area contributed by atoms with E-state index in [1.165, 1.54) is 50.2 Å². The highest BCUT2D eigenvalue weighted by Gasteiger charge is 1.92. The first kappa shape index (κ1) is 13.3. The van der Waals surface area contributed by atoms with Crippen molar-refractivity contribution in [3.63, 3.8) is 0 Å². The van der Waals surface area contributed by atoms with Crippen LogP contribution >= 0.6 is 11.8 Å². The van der Waals surface area contributed by atoms with E-state index < -0.39 is 0 Å².